The number of imidazole rings is 1. The first-order valence-corrected chi connectivity index (χ1v) is 11.1. The van der Waals surface area contributed by atoms with Crippen molar-refractivity contribution >= 4 is 22.9 Å². The van der Waals surface area contributed by atoms with Crippen molar-refractivity contribution in [2.75, 3.05) is 12.3 Å². The standard InChI is InChI=1S/C23H28N6O4/c1-3-5-8-23(9-10-23)12-16(30)25-11-6-7-15-27-20(24)17-21(28-15)29(13-26-17)22-19(32)18(31)14(4-2)33-22/h1,13-14,18-19,22,31-32H,4-5,8-12H2,2H3,(H,25,30)(H2,24,27,28)/t14-,18?,19+,22-/m0/s1. The van der Waals surface area contributed by atoms with Crippen molar-refractivity contribution < 1.29 is 19.7 Å². The van der Waals surface area contributed by atoms with Crippen LogP contribution >= 0.6 is 0 Å². The number of nitrogen functional groups attached to an aromatic ring is 1. The van der Waals surface area contributed by atoms with Gasteiger partial charge in [-0.05, 0) is 37.0 Å². The van der Waals surface area contributed by atoms with Gasteiger partial charge in [-0.15, -0.1) is 12.3 Å². The van der Waals surface area contributed by atoms with Gasteiger partial charge in [0.05, 0.1) is 19.0 Å². The number of amides is 1. The van der Waals surface area contributed by atoms with E-state index in [1.165, 1.54) is 10.9 Å². The Hall–Kier alpha value is -3.18. The average molecular weight is 453 g/mol. The number of aliphatic hydroxyl groups excluding tert-OH is 2. The molecule has 5 N–H and O–H groups in total. The number of carbonyl (C=O) groups excluding carboxylic acids is 1. The largest absolute Gasteiger partial charge is 0.388 e. The highest BCUT2D eigenvalue weighted by Gasteiger charge is 2.44. The third kappa shape index (κ3) is 4.79. The summed E-state index contributed by atoms with van der Waals surface area (Å²) in [5.41, 5.74) is 6.77. The van der Waals surface area contributed by atoms with Gasteiger partial charge in [0.15, 0.2) is 17.7 Å². The zero-order valence-corrected chi connectivity index (χ0v) is 18.5. The number of carbonyl (C=O) groups is 1. The van der Waals surface area contributed by atoms with Crippen LogP contribution in [-0.2, 0) is 9.53 Å². The second-order valence-electron chi connectivity index (χ2n) is 8.67. The van der Waals surface area contributed by atoms with E-state index in [0.717, 1.165) is 19.3 Å². The van der Waals surface area contributed by atoms with E-state index in [4.69, 9.17) is 16.9 Å². The normalized spacial score (nSPS) is 25.3. The molecule has 0 aromatic carbocycles. The molecule has 1 aliphatic heterocycles. The van der Waals surface area contributed by atoms with E-state index < -0.39 is 24.5 Å². The second kappa shape index (κ2) is 9.36. The molecule has 1 aliphatic carbocycles. The van der Waals surface area contributed by atoms with Gasteiger partial charge in [-0.25, -0.2) is 15.0 Å². The first-order valence-electron chi connectivity index (χ1n) is 11.1. The fourth-order valence-corrected chi connectivity index (χ4v) is 4.18. The molecule has 33 heavy (non-hydrogen) atoms. The number of hydrogen-bond donors (Lipinski definition) is 4. The highest BCUT2D eigenvalue weighted by atomic mass is 16.6. The van der Waals surface area contributed by atoms with E-state index >= 15 is 0 Å². The van der Waals surface area contributed by atoms with E-state index in [-0.39, 0.29) is 29.5 Å². The Morgan fingerprint density at radius 2 is 2.18 bits per heavy atom. The van der Waals surface area contributed by atoms with Crippen LogP contribution in [0.4, 0.5) is 5.82 Å². The molecule has 2 aliphatic rings. The zero-order valence-electron chi connectivity index (χ0n) is 18.5. The van der Waals surface area contributed by atoms with Gasteiger partial charge in [0.2, 0.25) is 11.7 Å². The molecule has 0 radical (unpaired) electrons. The summed E-state index contributed by atoms with van der Waals surface area (Å²) >= 11 is 0. The first-order chi connectivity index (χ1) is 15.9. The Balaban J connectivity index is 1.43. The van der Waals surface area contributed by atoms with Crippen LogP contribution in [0.15, 0.2) is 6.33 Å². The smallest absolute Gasteiger partial charge is 0.221 e. The number of nitrogens with two attached hydrogens (primary N) is 1. The molecule has 4 rings (SSSR count). The topological polar surface area (TPSA) is 148 Å². The predicted octanol–water partition coefficient (Wildman–Crippen LogP) is 0.489. The minimum Gasteiger partial charge on any atom is -0.388 e. The lowest BCUT2D eigenvalue weighted by atomic mass is 9.96. The molecule has 2 aromatic rings. The Kier molecular flexibility index (Phi) is 6.52. The molecule has 1 unspecified atom stereocenters. The molecule has 3 heterocycles. The molecule has 0 spiro atoms. The summed E-state index contributed by atoms with van der Waals surface area (Å²) in [7, 11) is 0. The zero-order chi connectivity index (χ0) is 23.6. The molecule has 4 atom stereocenters. The van der Waals surface area contributed by atoms with Gasteiger partial charge in [-0.1, -0.05) is 12.8 Å². The molecule has 10 heteroatoms. The summed E-state index contributed by atoms with van der Waals surface area (Å²) in [5.74, 6) is 8.52. The summed E-state index contributed by atoms with van der Waals surface area (Å²) in [5, 5.41) is 23.4. The Labute approximate surface area is 192 Å². The van der Waals surface area contributed by atoms with Gasteiger partial charge in [0, 0.05) is 12.8 Å². The molecule has 0 bridgehead atoms. The summed E-state index contributed by atoms with van der Waals surface area (Å²) in [6, 6.07) is 0. The number of aliphatic hydroxyl groups is 2. The van der Waals surface area contributed by atoms with Gasteiger partial charge < -0.3 is 26.0 Å². The van der Waals surface area contributed by atoms with Crippen LogP contribution in [0.2, 0.25) is 0 Å². The van der Waals surface area contributed by atoms with Crippen LogP contribution in [0.1, 0.15) is 57.5 Å². The maximum absolute atomic E-state index is 12.2. The van der Waals surface area contributed by atoms with Crippen LogP contribution in [0.3, 0.4) is 0 Å². The number of hydrogen-bond acceptors (Lipinski definition) is 8. The van der Waals surface area contributed by atoms with Crippen molar-refractivity contribution in [1.82, 2.24) is 24.8 Å². The molecule has 1 amide bonds. The summed E-state index contributed by atoms with van der Waals surface area (Å²) in [4.78, 5) is 25.0. The van der Waals surface area contributed by atoms with Gasteiger partial charge >= 0.3 is 0 Å². The SMILES string of the molecule is C#CCCC1(CC(=O)NCC#Cc2nc(N)c3ncn([C@H]4O[C@@H](CC)C(O)[C@H]4O)c3n2)CC1. The number of rotatable bonds is 7. The van der Waals surface area contributed by atoms with E-state index in [0.29, 0.717) is 30.4 Å². The summed E-state index contributed by atoms with van der Waals surface area (Å²) in [6.45, 7) is 2.02. The molecule has 10 nitrogen and oxygen atoms in total. The van der Waals surface area contributed by atoms with Crippen molar-refractivity contribution in [2.24, 2.45) is 5.41 Å². The maximum atomic E-state index is 12.2. The summed E-state index contributed by atoms with van der Waals surface area (Å²) in [6.07, 6.45) is 7.91. The van der Waals surface area contributed by atoms with Crippen molar-refractivity contribution in [3.05, 3.63) is 12.2 Å². The van der Waals surface area contributed by atoms with Crippen LogP contribution in [-0.4, -0.2) is 60.5 Å². The Morgan fingerprint density at radius 3 is 2.85 bits per heavy atom. The third-order valence-corrected chi connectivity index (χ3v) is 6.33. The minimum absolute atomic E-state index is 0.0517. The number of nitrogens with one attached hydrogen (secondary N) is 1. The van der Waals surface area contributed by atoms with Crippen LogP contribution < -0.4 is 11.1 Å². The highest BCUT2D eigenvalue weighted by Crippen LogP contribution is 2.52. The fourth-order valence-electron chi connectivity index (χ4n) is 4.18. The number of nitrogens with zero attached hydrogens (tertiary/aromatic N) is 4. The van der Waals surface area contributed by atoms with Crippen molar-refractivity contribution in [3.8, 4) is 24.2 Å². The molecule has 174 valence electrons. The lowest BCUT2D eigenvalue weighted by Crippen LogP contribution is -2.31. The maximum Gasteiger partial charge on any atom is 0.221 e. The number of fused-ring (bicyclic) bond motifs is 1. The Bertz CT molecular complexity index is 1140. The molecular formula is C23H28N6O4. The number of ether oxygens (including phenoxy) is 1. The fraction of sp³-hybridized carbons (Fsp3) is 0.565. The quantitative estimate of drug-likeness (QED) is 0.444. The molecule has 2 fully saturated rings. The van der Waals surface area contributed by atoms with Gasteiger partial charge in [0.25, 0.3) is 0 Å². The first kappa shape index (κ1) is 23.0. The minimum atomic E-state index is -1.14. The van der Waals surface area contributed by atoms with E-state index in [1.807, 2.05) is 6.92 Å². The number of terminal acetylenes is 1. The highest BCUT2D eigenvalue weighted by molar-refractivity contribution is 5.82. The second-order valence-corrected chi connectivity index (χ2v) is 8.67. The van der Waals surface area contributed by atoms with Crippen LogP contribution in [0, 0.1) is 29.6 Å². The van der Waals surface area contributed by atoms with E-state index in [9.17, 15) is 15.0 Å². The number of aromatic nitrogens is 4. The van der Waals surface area contributed by atoms with Crippen molar-refractivity contribution in [1.29, 1.82) is 0 Å². The number of anilines is 1. The average Bonchev–Trinajstić information content (AvgIpc) is 3.32. The Morgan fingerprint density at radius 1 is 1.39 bits per heavy atom. The van der Waals surface area contributed by atoms with Crippen LogP contribution in [0.5, 0.6) is 0 Å². The lowest BCUT2D eigenvalue weighted by Gasteiger charge is -2.16. The molecular weight excluding hydrogens is 424 g/mol. The predicted molar refractivity (Wildman–Crippen MR) is 120 cm³/mol. The van der Waals surface area contributed by atoms with E-state index in [2.05, 4.69) is 38.0 Å². The van der Waals surface area contributed by atoms with Gasteiger partial charge in [-0.3, -0.25) is 9.36 Å². The monoisotopic (exact) mass is 452 g/mol. The van der Waals surface area contributed by atoms with Crippen LogP contribution in [0.25, 0.3) is 11.2 Å². The lowest BCUT2D eigenvalue weighted by molar-refractivity contribution is -0.122. The van der Waals surface area contributed by atoms with Gasteiger partial charge in [-0.2, -0.15) is 0 Å². The molecule has 2 aromatic heterocycles. The third-order valence-electron chi connectivity index (χ3n) is 6.33. The molecule has 1 saturated heterocycles. The summed E-state index contributed by atoms with van der Waals surface area (Å²) < 4.78 is 7.31. The van der Waals surface area contributed by atoms with Crippen molar-refractivity contribution in [3.63, 3.8) is 0 Å². The van der Waals surface area contributed by atoms with Gasteiger partial charge in [0.1, 0.15) is 17.7 Å². The van der Waals surface area contributed by atoms with E-state index in [1.54, 1.807) is 0 Å². The van der Waals surface area contributed by atoms with Crippen molar-refractivity contribution in [2.45, 2.75) is 70.0 Å². The molecule has 1 saturated carbocycles.